The smallest absolute Gasteiger partial charge is 0.326 e. The quantitative estimate of drug-likeness (QED) is 0.0438. The summed E-state index contributed by atoms with van der Waals surface area (Å²) in [7, 11) is 0. The van der Waals surface area contributed by atoms with Crippen LogP contribution in [0.3, 0.4) is 0 Å². The first-order chi connectivity index (χ1) is 22.8. The molecule has 0 aliphatic carbocycles. The van der Waals surface area contributed by atoms with Gasteiger partial charge in [0.15, 0.2) is 0 Å². The summed E-state index contributed by atoms with van der Waals surface area (Å²) in [5, 5.41) is 0. The second-order valence-electron chi connectivity index (χ2n) is 13.1. The van der Waals surface area contributed by atoms with E-state index in [1.54, 1.807) is 17.1 Å². The van der Waals surface area contributed by atoms with Crippen molar-refractivity contribution in [2.24, 2.45) is 0 Å². The Balaban J connectivity index is 2.13. The number of ether oxygens (including phenoxy) is 1. The van der Waals surface area contributed by atoms with E-state index >= 15 is 0 Å². The van der Waals surface area contributed by atoms with E-state index in [0.717, 1.165) is 38.5 Å². The van der Waals surface area contributed by atoms with E-state index < -0.39 is 0 Å². The second kappa shape index (κ2) is 34.0. The summed E-state index contributed by atoms with van der Waals surface area (Å²) in [5.41, 5.74) is 0. The van der Waals surface area contributed by atoms with E-state index in [0.29, 0.717) is 0 Å². The fourth-order valence-electron chi connectivity index (χ4n) is 5.74. The third kappa shape index (κ3) is 29.1. The highest BCUT2D eigenvalue weighted by Gasteiger charge is 2.14. The number of rotatable bonds is 33. The molecule has 1 rings (SSSR count). The normalized spacial score (nSPS) is 12.8. The van der Waals surface area contributed by atoms with Crippen LogP contribution in [0, 0.1) is 0 Å². The van der Waals surface area contributed by atoms with Gasteiger partial charge >= 0.3 is 5.97 Å². The van der Waals surface area contributed by atoms with Crippen molar-refractivity contribution >= 4 is 5.97 Å². The molecule has 0 aromatic carbocycles. The number of carbonyl (C=O) groups is 1. The maximum absolute atomic E-state index is 12.6. The molecule has 0 N–H and O–H groups in total. The molecule has 46 heavy (non-hydrogen) atoms. The van der Waals surface area contributed by atoms with E-state index in [1.165, 1.54) is 128 Å². The van der Waals surface area contributed by atoms with Gasteiger partial charge in [0, 0.05) is 12.4 Å². The van der Waals surface area contributed by atoms with Crippen molar-refractivity contribution in [3.05, 3.63) is 67.3 Å². The van der Waals surface area contributed by atoms with E-state index in [9.17, 15) is 4.79 Å². The second-order valence-corrected chi connectivity index (χ2v) is 13.1. The molecule has 4 nitrogen and oxygen atoms in total. The number of imidazole rings is 1. The summed E-state index contributed by atoms with van der Waals surface area (Å²) in [6, 6.07) is 0. The van der Waals surface area contributed by atoms with E-state index in [2.05, 4.69) is 67.4 Å². The predicted octanol–water partition coefficient (Wildman–Crippen LogP) is 13.2. The lowest BCUT2D eigenvalue weighted by Gasteiger charge is -2.18. The number of aromatic nitrogens is 2. The molecule has 0 aliphatic heterocycles. The zero-order chi connectivity index (χ0) is 33.0. The third-order valence-corrected chi connectivity index (χ3v) is 8.62. The van der Waals surface area contributed by atoms with Crippen molar-refractivity contribution in [2.75, 3.05) is 0 Å². The van der Waals surface area contributed by atoms with Gasteiger partial charge in [0.05, 0.1) is 6.33 Å². The van der Waals surface area contributed by atoms with Crippen LogP contribution in [0.1, 0.15) is 181 Å². The van der Waals surface area contributed by atoms with E-state index in [-0.39, 0.29) is 18.6 Å². The largest absolute Gasteiger partial charge is 0.461 e. The molecule has 0 spiro atoms. The molecule has 0 radical (unpaired) electrons. The van der Waals surface area contributed by atoms with Crippen molar-refractivity contribution in [3.63, 3.8) is 0 Å². The first kappa shape index (κ1) is 41.7. The van der Waals surface area contributed by atoms with Crippen molar-refractivity contribution in [1.82, 2.24) is 9.55 Å². The molecule has 1 aromatic rings. The number of unbranched alkanes of at least 4 members (excludes halogenated alkanes) is 18. The molecule has 0 saturated carbocycles. The lowest BCUT2D eigenvalue weighted by atomic mass is 10.0. The predicted molar refractivity (Wildman–Crippen MR) is 200 cm³/mol. The van der Waals surface area contributed by atoms with Crippen LogP contribution in [-0.2, 0) is 16.1 Å². The lowest BCUT2D eigenvalue weighted by Crippen LogP contribution is -2.21. The molecule has 0 bridgehead atoms. The van der Waals surface area contributed by atoms with Gasteiger partial charge in [0.25, 0.3) is 0 Å². The minimum Gasteiger partial charge on any atom is -0.461 e. The number of carbonyl (C=O) groups excluding carboxylic acids is 1. The first-order valence-corrected chi connectivity index (χ1v) is 19.5. The minimum absolute atomic E-state index is 0.0488. The average Bonchev–Trinajstić information content (AvgIpc) is 3.57. The number of esters is 1. The first-order valence-electron chi connectivity index (χ1n) is 19.5. The fourth-order valence-corrected chi connectivity index (χ4v) is 5.74. The molecular weight excluding hydrogens is 564 g/mol. The SMILES string of the molecule is CCCCCC=CCC=CCCCCCCCCC(CCCCCCCCC=CCC=CCCCCC)OC(=O)Cn1ccnc1. The molecule has 0 fully saturated rings. The number of nitrogens with zero attached hydrogens (tertiary/aromatic N) is 2. The molecule has 4 heteroatoms. The van der Waals surface area contributed by atoms with Gasteiger partial charge in [-0.1, -0.05) is 140 Å². The maximum atomic E-state index is 12.6. The third-order valence-electron chi connectivity index (χ3n) is 8.62. The highest BCUT2D eigenvalue weighted by atomic mass is 16.5. The molecule has 0 amide bonds. The Morgan fingerprint density at radius 3 is 1.41 bits per heavy atom. The van der Waals surface area contributed by atoms with E-state index in [4.69, 9.17) is 4.74 Å². The van der Waals surface area contributed by atoms with Crippen molar-refractivity contribution < 1.29 is 9.53 Å². The lowest BCUT2D eigenvalue weighted by molar-refractivity contribution is -0.150. The standard InChI is InChI=1S/C42H72N2O2/c1-3-5-7-9-11-13-15-17-19-21-23-25-27-29-31-33-35-41(46-42(45)39-44-38-37-43-40-44)36-34-32-30-28-26-24-22-20-18-16-14-12-10-8-6-4-2/h11-14,17-20,37-38,40-41H,3-10,15-16,21-36,39H2,1-2H3. The van der Waals surface area contributed by atoms with Crippen LogP contribution in [0.15, 0.2) is 67.3 Å². The molecule has 0 aliphatic rings. The highest BCUT2D eigenvalue weighted by molar-refractivity contribution is 5.69. The summed E-state index contributed by atoms with van der Waals surface area (Å²) in [6.07, 6.45) is 56.0. The van der Waals surface area contributed by atoms with Crippen LogP contribution >= 0.6 is 0 Å². The van der Waals surface area contributed by atoms with Crippen LogP contribution < -0.4 is 0 Å². The fraction of sp³-hybridized carbons (Fsp3) is 0.714. The Bertz CT molecular complexity index is 835. The van der Waals surface area contributed by atoms with Gasteiger partial charge in [-0.25, -0.2) is 4.98 Å². The minimum atomic E-state index is -0.136. The van der Waals surface area contributed by atoms with Crippen LogP contribution in [0.25, 0.3) is 0 Å². The Kier molecular flexibility index (Phi) is 30.8. The zero-order valence-electron chi connectivity index (χ0n) is 30.2. The Labute approximate surface area is 285 Å². The zero-order valence-corrected chi connectivity index (χ0v) is 30.2. The highest BCUT2D eigenvalue weighted by Crippen LogP contribution is 2.18. The monoisotopic (exact) mass is 637 g/mol. The molecule has 1 aromatic heterocycles. The summed E-state index contributed by atoms with van der Waals surface area (Å²) < 4.78 is 7.75. The van der Waals surface area contributed by atoms with Gasteiger partial charge in [0.1, 0.15) is 12.6 Å². The van der Waals surface area contributed by atoms with Crippen molar-refractivity contribution in [3.8, 4) is 0 Å². The maximum Gasteiger partial charge on any atom is 0.326 e. The van der Waals surface area contributed by atoms with Crippen molar-refractivity contribution in [1.29, 1.82) is 0 Å². The molecule has 0 saturated heterocycles. The van der Waals surface area contributed by atoms with Crippen molar-refractivity contribution in [2.45, 2.75) is 193 Å². The van der Waals surface area contributed by atoms with Crippen LogP contribution in [0.2, 0.25) is 0 Å². The Morgan fingerprint density at radius 2 is 1.00 bits per heavy atom. The van der Waals surface area contributed by atoms with Crippen LogP contribution in [0.4, 0.5) is 0 Å². The van der Waals surface area contributed by atoms with Crippen LogP contribution in [0.5, 0.6) is 0 Å². The summed E-state index contributed by atoms with van der Waals surface area (Å²) >= 11 is 0. The molecular formula is C42H72N2O2. The Morgan fingerprint density at radius 1 is 0.587 bits per heavy atom. The van der Waals surface area contributed by atoms with Gasteiger partial charge in [-0.05, 0) is 89.9 Å². The van der Waals surface area contributed by atoms with Crippen LogP contribution in [-0.4, -0.2) is 21.6 Å². The summed E-state index contributed by atoms with van der Waals surface area (Å²) in [4.78, 5) is 16.6. The van der Waals surface area contributed by atoms with Gasteiger partial charge in [-0.3, -0.25) is 4.79 Å². The average molecular weight is 637 g/mol. The molecule has 0 unspecified atom stereocenters. The van der Waals surface area contributed by atoms with E-state index in [1.807, 2.05) is 6.20 Å². The van der Waals surface area contributed by atoms with Gasteiger partial charge in [0.2, 0.25) is 0 Å². The molecule has 0 atom stereocenters. The number of hydrogen-bond donors (Lipinski definition) is 0. The summed E-state index contributed by atoms with van der Waals surface area (Å²) in [6.45, 7) is 4.77. The summed E-state index contributed by atoms with van der Waals surface area (Å²) in [5.74, 6) is -0.136. The Hall–Kier alpha value is -2.36. The number of hydrogen-bond acceptors (Lipinski definition) is 3. The van der Waals surface area contributed by atoms with Gasteiger partial charge < -0.3 is 9.30 Å². The van der Waals surface area contributed by atoms with Gasteiger partial charge in [-0.2, -0.15) is 0 Å². The topological polar surface area (TPSA) is 44.1 Å². The number of allylic oxidation sites excluding steroid dienone is 8. The van der Waals surface area contributed by atoms with Gasteiger partial charge in [-0.15, -0.1) is 0 Å². The molecule has 262 valence electrons. The molecule has 1 heterocycles.